The Hall–Kier alpha value is -2.92. The minimum absolute atomic E-state index is 0.118. The molecule has 0 amide bonds. The van der Waals surface area contributed by atoms with Gasteiger partial charge in [0.2, 0.25) is 0 Å². The maximum atomic E-state index is 12.4. The normalized spacial score (nSPS) is 12.4. The highest BCUT2D eigenvalue weighted by atomic mass is 16.7. The number of oxime groups is 1. The van der Waals surface area contributed by atoms with E-state index in [1.165, 1.54) is 0 Å². The molecule has 1 aromatic carbocycles. The SMILES string of the molecule is CCOC(=O)C(=C=NC(C)(C)C)C(O/N=C(\C)c1ccccc1)C(=O)OCC. The van der Waals surface area contributed by atoms with Crippen LogP contribution in [-0.4, -0.2) is 48.4 Å². The van der Waals surface area contributed by atoms with Crippen LogP contribution >= 0.6 is 0 Å². The van der Waals surface area contributed by atoms with Gasteiger partial charge in [0.25, 0.3) is 6.10 Å². The number of rotatable bonds is 8. The smallest absolute Gasteiger partial charge is 0.356 e. The number of carbonyl (C=O) groups is 2. The van der Waals surface area contributed by atoms with Crippen LogP contribution in [0.1, 0.15) is 47.1 Å². The van der Waals surface area contributed by atoms with Crippen molar-refractivity contribution in [1.29, 1.82) is 0 Å². The molecule has 1 rings (SSSR count). The first-order valence-electron chi connectivity index (χ1n) is 9.14. The largest absolute Gasteiger partial charge is 0.463 e. The van der Waals surface area contributed by atoms with E-state index in [-0.39, 0.29) is 18.8 Å². The topological polar surface area (TPSA) is 86.5 Å². The summed E-state index contributed by atoms with van der Waals surface area (Å²) in [6, 6.07) is 9.30. The lowest BCUT2D eigenvalue weighted by atomic mass is 10.1. The van der Waals surface area contributed by atoms with Gasteiger partial charge >= 0.3 is 11.9 Å². The number of benzene rings is 1. The van der Waals surface area contributed by atoms with Gasteiger partial charge in [-0.2, -0.15) is 0 Å². The number of aliphatic imine (C=N–C) groups is 1. The molecule has 0 saturated carbocycles. The molecule has 0 aliphatic carbocycles. The Morgan fingerprint density at radius 3 is 2.21 bits per heavy atom. The molecule has 0 spiro atoms. The van der Waals surface area contributed by atoms with E-state index in [2.05, 4.69) is 16.0 Å². The molecule has 0 aliphatic rings. The molecule has 0 aliphatic heterocycles. The quantitative estimate of drug-likeness (QED) is 0.295. The number of carbonyl (C=O) groups excluding carboxylic acids is 2. The molecule has 1 atom stereocenters. The second-order valence-electron chi connectivity index (χ2n) is 6.81. The monoisotopic (exact) mass is 388 g/mol. The molecule has 0 N–H and O–H groups in total. The first kappa shape index (κ1) is 23.1. The first-order valence-corrected chi connectivity index (χ1v) is 9.14. The van der Waals surface area contributed by atoms with Crippen LogP contribution in [0.25, 0.3) is 0 Å². The van der Waals surface area contributed by atoms with E-state index < -0.39 is 23.6 Å². The summed E-state index contributed by atoms with van der Waals surface area (Å²) < 4.78 is 10.1. The Morgan fingerprint density at radius 2 is 1.68 bits per heavy atom. The summed E-state index contributed by atoms with van der Waals surface area (Å²) >= 11 is 0. The van der Waals surface area contributed by atoms with Crippen molar-refractivity contribution in [3.8, 4) is 0 Å². The molecular formula is C21H28N2O5. The number of hydrogen-bond donors (Lipinski definition) is 0. The average Bonchev–Trinajstić information content (AvgIpc) is 2.64. The standard InChI is InChI=1S/C21H28N2O5/c1-7-26-19(24)17(14-22-21(4,5)6)18(20(25)27-8-2)28-23-15(3)16-12-10-9-11-13-16/h9-13,18H,7-8H2,1-6H3/b23-15+. The predicted octanol–water partition coefficient (Wildman–Crippen LogP) is 3.32. The zero-order valence-corrected chi connectivity index (χ0v) is 17.3. The highest BCUT2D eigenvalue weighted by Gasteiger charge is 2.33. The second-order valence-corrected chi connectivity index (χ2v) is 6.81. The van der Waals surface area contributed by atoms with Gasteiger partial charge in [0.1, 0.15) is 0 Å². The third-order valence-corrected chi connectivity index (χ3v) is 3.26. The fourth-order valence-electron chi connectivity index (χ4n) is 1.94. The van der Waals surface area contributed by atoms with E-state index >= 15 is 0 Å². The van der Waals surface area contributed by atoms with Crippen LogP contribution in [0, 0.1) is 0 Å². The summed E-state index contributed by atoms with van der Waals surface area (Å²) in [5.41, 5.74) is 0.640. The van der Waals surface area contributed by atoms with Gasteiger partial charge < -0.3 is 14.3 Å². The lowest BCUT2D eigenvalue weighted by molar-refractivity contribution is -0.157. The minimum atomic E-state index is -1.44. The van der Waals surface area contributed by atoms with Crippen molar-refractivity contribution >= 4 is 23.5 Å². The molecule has 7 nitrogen and oxygen atoms in total. The van der Waals surface area contributed by atoms with Gasteiger partial charge in [-0.05, 0) is 53.0 Å². The van der Waals surface area contributed by atoms with Crippen molar-refractivity contribution in [3.63, 3.8) is 0 Å². The van der Waals surface area contributed by atoms with Gasteiger partial charge in [-0.1, -0.05) is 35.5 Å². The van der Waals surface area contributed by atoms with Crippen LogP contribution < -0.4 is 0 Å². The van der Waals surface area contributed by atoms with E-state index in [0.717, 1.165) is 5.56 Å². The van der Waals surface area contributed by atoms with Crippen molar-refractivity contribution in [2.75, 3.05) is 13.2 Å². The van der Waals surface area contributed by atoms with E-state index in [9.17, 15) is 9.59 Å². The van der Waals surface area contributed by atoms with E-state index in [4.69, 9.17) is 14.3 Å². The van der Waals surface area contributed by atoms with Crippen LogP contribution in [0.2, 0.25) is 0 Å². The maximum absolute atomic E-state index is 12.4. The summed E-state index contributed by atoms with van der Waals surface area (Å²) in [6.45, 7) is 10.8. The Balaban J connectivity index is 3.32. The molecule has 0 aromatic heterocycles. The molecule has 0 heterocycles. The predicted molar refractivity (Wildman–Crippen MR) is 107 cm³/mol. The van der Waals surface area contributed by atoms with Gasteiger partial charge in [0.05, 0.1) is 24.5 Å². The molecule has 0 saturated heterocycles. The Labute approximate surface area is 166 Å². The highest BCUT2D eigenvalue weighted by molar-refractivity contribution is 6.04. The van der Waals surface area contributed by atoms with Crippen molar-refractivity contribution < 1.29 is 23.9 Å². The highest BCUT2D eigenvalue weighted by Crippen LogP contribution is 2.13. The number of hydrogen-bond acceptors (Lipinski definition) is 7. The maximum Gasteiger partial charge on any atom is 0.356 e. The average molecular weight is 388 g/mol. The van der Waals surface area contributed by atoms with Gasteiger partial charge in [0.15, 0.2) is 5.57 Å². The van der Waals surface area contributed by atoms with E-state index in [0.29, 0.717) is 5.71 Å². The summed E-state index contributed by atoms with van der Waals surface area (Å²) in [7, 11) is 0. The fourth-order valence-corrected chi connectivity index (χ4v) is 1.94. The third kappa shape index (κ3) is 7.76. The Bertz CT molecular complexity index is 757. The van der Waals surface area contributed by atoms with Crippen LogP contribution in [0.4, 0.5) is 0 Å². The van der Waals surface area contributed by atoms with Crippen molar-refractivity contribution in [3.05, 3.63) is 41.5 Å². The molecule has 1 unspecified atom stereocenters. The zero-order valence-electron chi connectivity index (χ0n) is 17.3. The van der Waals surface area contributed by atoms with E-state index in [1.807, 2.05) is 51.1 Å². The van der Waals surface area contributed by atoms with Gasteiger partial charge in [-0.3, -0.25) is 0 Å². The zero-order chi connectivity index (χ0) is 21.2. The van der Waals surface area contributed by atoms with Crippen molar-refractivity contribution in [2.45, 2.75) is 53.2 Å². The van der Waals surface area contributed by atoms with Crippen molar-refractivity contribution in [2.24, 2.45) is 10.1 Å². The van der Waals surface area contributed by atoms with Crippen molar-refractivity contribution in [1.82, 2.24) is 0 Å². The summed E-state index contributed by atoms with van der Waals surface area (Å²) in [5.74, 6) is 1.08. The number of esters is 2. The summed E-state index contributed by atoms with van der Waals surface area (Å²) in [4.78, 5) is 34.5. The van der Waals surface area contributed by atoms with Gasteiger partial charge in [-0.25, -0.2) is 14.6 Å². The van der Waals surface area contributed by atoms with E-state index in [1.54, 1.807) is 20.8 Å². The lowest BCUT2D eigenvalue weighted by Crippen LogP contribution is -2.32. The minimum Gasteiger partial charge on any atom is -0.463 e. The lowest BCUT2D eigenvalue weighted by Gasteiger charge is -2.16. The molecule has 7 heteroatoms. The second kappa shape index (κ2) is 11.0. The van der Waals surface area contributed by atoms with Crippen LogP contribution in [0.5, 0.6) is 0 Å². The molecule has 0 bridgehead atoms. The third-order valence-electron chi connectivity index (χ3n) is 3.26. The summed E-state index contributed by atoms with van der Waals surface area (Å²) in [6.07, 6.45) is -1.44. The fraction of sp³-hybridized carbons (Fsp3) is 0.476. The van der Waals surface area contributed by atoms with Crippen LogP contribution in [0.3, 0.4) is 0 Å². The summed E-state index contributed by atoms with van der Waals surface area (Å²) in [5, 5.41) is 4.01. The Kier molecular flexibility index (Phi) is 9.12. The van der Waals surface area contributed by atoms with Crippen LogP contribution in [0.15, 0.2) is 46.1 Å². The molecular weight excluding hydrogens is 360 g/mol. The Morgan fingerprint density at radius 1 is 1.07 bits per heavy atom. The molecule has 1 aromatic rings. The number of ether oxygens (including phenoxy) is 2. The molecule has 0 radical (unpaired) electrons. The van der Waals surface area contributed by atoms with Crippen LogP contribution in [-0.2, 0) is 23.9 Å². The first-order chi connectivity index (χ1) is 13.2. The molecule has 152 valence electrons. The number of nitrogens with zero attached hydrogens (tertiary/aromatic N) is 2. The molecule has 28 heavy (non-hydrogen) atoms. The van der Waals surface area contributed by atoms with Gasteiger partial charge in [0, 0.05) is 0 Å². The van der Waals surface area contributed by atoms with Gasteiger partial charge in [-0.15, -0.1) is 0 Å². The molecule has 0 fully saturated rings.